The van der Waals surface area contributed by atoms with Gasteiger partial charge in [0.2, 0.25) is 5.91 Å². The Morgan fingerprint density at radius 1 is 1.04 bits per heavy atom. The van der Waals surface area contributed by atoms with Gasteiger partial charge in [-0.25, -0.2) is 9.37 Å². The molecule has 240 valence electrons. The zero-order valence-corrected chi connectivity index (χ0v) is 27.7. The van der Waals surface area contributed by atoms with Gasteiger partial charge in [0.05, 0.1) is 11.0 Å². The fourth-order valence-electron chi connectivity index (χ4n) is 6.42. The normalized spacial score (nSPS) is 15.2. The van der Waals surface area contributed by atoms with Crippen molar-refractivity contribution in [1.29, 1.82) is 0 Å². The van der Waals surface area contributed by atoms with Crippen molar-refractivity contribution >= 4 is 34.2 Å². The Bertz CT molecular complexity index is 1570. The Morgan fingerprint density at radius 2 is 1.82 bits per heavy atom. The number of amides is 2. The summed E-state index contributed by atoms with van der Waals surface area (Å²) >= 11 is 1.73. The number of aromatic nitrogens is 2. The average molecular weight is 632 g/mol. The van der Waals surface area contributed by atoms with Crippen molar-refractivity contribution in [2.45, 2.75) is 90.9 Å². The minimum atomic E-state index is -0.630. The molecule has 3 heterocycles. The first-order valence-electron chi connectivity index (χ1n) is 16.3. The number of benzene rings is 2. The van der Waals surface area contributed by atoms with Crippen LogP contribution in [0.3, 0.4) is 0 Å². The van der Waals surface area contributed by atoms with Crippen LogP contribution in [0.15, 0.2) is 60.0 Å². The molecule has 0 saturated carbocycles. The third-order valence-corrected chi connectivity index (χ3v) is 9.68. The molecule has 1 aliphatic heterocycles. The van der Waals surface area contributed by atoms with Crippen molar-refractivity contribution in [3.8, 4) is 0 Å². The highest BCUT2D eigenvalue weighted by Crippen LogP contribution is 2.28. The summed E-state index contributed by atoms with van der Waals surface area (Å²) in [4.78, 5) is 35.6. The van der Waals surface area contributed by atoms with E-state index in [4.69, 9.17) is 4.98 Å². The number of halogens is 1. The molecule has 2 aromatic carbocycles. The molecular formula is C36H46FN5O2S. The van der Waals surface area contributed by atoms with Crippen molar-refractivity contribution < 1.29 is 14.0 Å². The molecule has 1 aliphatic rings. The van der Waals surface area contributed by atoms with Gasteiger partial charge in [-0.1, -0.05) is 45.9 Å². The van der Waals surface area contributed by atoms with Crippen LogP contribution >= 0.6 is 11.3 Å². The van der Waals surface area contributed by atoms with Gasteiger partial charge in [-0.15, -0.1) is 11.3 Å². The van der Waals surface area contributed by atoms with E-state index >= 15 is 0 Å². The van der Waals surface area contributed by atoms with E-state index in [1.807, 2.05) is 24.3 Å². The van der Waals surface area contributed by atoms with E-state index in [-0.39, 0.29) is 29.6 Å². The van der Waals surface area contributed by atoms with E-state index in [9.17, 15) is 14.0 Å². The Labute approximate surface area is 270 Å². The number of fused-ring (bicyclic) bond motifs is 1. The van der Waals surface area contributed by atoms with E-state index in [0.717, 1.165) is 67.6 Å². The van der Waals surface area contributed by atoms with Gasteiger partial charge in [0, 0.05) is 48.6 Å². The first-order chi connectivity index (χ1) is 21.7. The van der Waals surface area contributed by atoms with E-state index < -0.39 is 6.04 Å². The Balaban J connectivity index is 1.25. The van der Waals surface area contributed by atoms with Crippen LogP contribution in [-0.4, -0.2) is 51.4 Å². The molecule has 0 bridgehead atoms. The molecule has 5 rings (SSSR count). The van der Waals surface area contributed by atoms with Crippen molar-refractivity contribution in [2.24, 2.45) is 5.92 Å². The maximum Gasteiger partial charge on any atom is 0.252 e. The second-order valence-electron chi connectivity index (χ2n) is 12.7. The lowest BCUT2D eigenvalue weighted by Crippen LogP contribution is -2.52. The first kappa shape index (κ1) is 32.8. The van der Waals surface area contributed by atoms with E-state index in [1.165, 1.54) is 10.9 Å². The number of nitrogens with one attached hydrogen (secondary N) is 2. The van der Waals surface area contributed by atoms with E-state index in [0.29, 0.717) is 24.6 Å². The number of hydrogen-bond acceptors (Lipinski definition) is 5. The summed E-state index contributed by atoms with van der Waals surface area (Å²) in [6.07, 6.45) is 4.93. The van der Waals surface area contributed by atoms with Crippen LogP contribution in [0, 0.1) is 11.7 Å². The number of carbonyl (C=O) groups is 2. The van der Waals surface area contributed by atoms with Crippen LogP contribution in [0.4, 0.5) is 4.39 Å². The smallest absolute Gasteiger partial charge is 0.252 e. The summed E-state index contributed by atoms with van der Waals surface area (Å²) < 4.78 is 15.9. The highest BCUT2D eigenvalue weighted by molar-refractivity contribution is 7.09. The van der Waals surface area contributed by atoms with Crippen molar-refractivity contribution in [1.82, 2.24) is 25.1 Å². The monoisotopic (exact) mass is 631 g/mol. The Hall–Kier alpha value is -3.56. The molecule has 0 aliphatic carbocycles. The Kier molecular flexibility index (Phi) is 11.0. The SMILES string of the molecule is CCC(CC)n1c(Cc2cccs2)nc2cc(C(=O)N[C@@H](CC(C)C)C(=O)NC3CCN(Cc4cccc(F)c4)CC3)ccc21. The number of nitrogens with zero attached hydrogens (tertiary/aromatic N) is 3. The fraction of sp³-hybridized carbons (Fsp3) is 0.472. The van der Waals surface area contributed by atoms with Crippen LogP contribution in [0.2, 0.25) is 0 Å². The largest absolute Gasteiger partial charge is 0.351 e. The van der Waals surface area contributed by atoms with Crippen LogP contribution < -0.4 is 10.6 Å². The highest BCUT2D eigenvalue weighted by atomic mass is 32.1. The third kappa shape index (κ3) is 8.38. The third-order valence-electron chi connectivity index (χ3n) is 8.80. The molecule has 45 heavy (non-hydrogen) atoms. The maximum absolute atomic E-state index is 13.6. The quantitative estimate of drug-likeness (QED) is 0.165. The van der Waals surface area contributed by atoms with Crippen molar-refractivity contribution in [3.05, 3.63) is 87.6 Å². The molecule has 2 amide bonds. The molecule has 0 radical (unpaired) electrons. The summed E-state index contributed by atoms with van der Waals surface area (Å²) in [6, 6.07) is 16.4. The zero-order valence-electron chi connectivity index (χ0n) is 26.9. The Morgan fingerprint density at radius 3 is 2.49 bits per heavy atom. The van der Waals surface area contributed by atoms with Gasteiger partial charge < -0.3 is 15.2 Å². The molecule has 0 unspecified atom stereocenters. The summed E-state index contributed by atoms with van der Waals surface area (Å²) in [7, 11) is 0. The number of thiophene rings is 1. The van der Waals surface area contributed by atoms with Gasteiger partial charge in [-0.3, -0.25) is 14.5 Å². The van der Waals surface area contributed by atoms with Crippen molar-refractivity contribution in [3.63, 3.8) is 0 Å². The van der Waals surface area contributed by atoms with Crippen LogP contribution in [-0.2, 0) is 17.8 Å². The summed E-state index contributed by atoms with van der Waals surface area (Å²) in [6.45, 7) is 10.9. The van der Waals surface area contributed by atoms with Gasteiger partial charge in [-0.2, -0.15) is 0 Å². The van der Waals surface area contributed by atoms with Crippen molar-refractivity contribution in [2.75, 3.05) is 13.1 Å². The minimum Gasteiger partial charge on any atom is -0.351 e. The van der Waals surface area contributed by atoms with E-state index in [2.05, 4.69) is 65.3 Å². The number of hydrogen-bond donors (Lipinski definition) is 2. The summed E-state index contributed by atoms with van der Waals surface area (Å²) in [5.41, 5.74) is 3.30. The van der Waals surface area contributed by atoms with Gasteiger partial charge in [-0.05, 0) is 85.4 Å². The molecule has 7 nitrogen and oxygen atoms in total. The second-order valence-corrected chi connectivity index (χ2v) is 13.7. The van der Waals surface area contributed by atoms with Crippen LogP contribution in [0.25, 0.3) is 11.0 Å². The van der Waals surface area contributed by atoms with E-state index in [1.54, 1.807) is 23.5 Å². The average Bonchev–Trinajstić information content (AvgIpc) is 3.66. The maximum atomic E-state index is 13.6. The number of piperidine rings is 1. The lowest BCUT2D eigenvalue weighted by Gasteiger charge is -2.33. The standard InChI is InChI=1S/C36H46FN5O2S/c1-5-29(6-2)42-33-13-12-26(21-31(33)39-34(42)22-30-11-8-18-45-30)35(43)40-32(19-24(3)4)36(44)38-28-14-16-41(17-15-28)23-25-9-7-10-27(37)20-25/h7-13,18,20-21,24,28-29,32H,5-6,14-17,19,22-23H2,1-4H3,(H,38,44)(H,40,43)/t32-/m0/s1. The van der Waals surface area contributed by atoms with Gasteiger partial charge in [0.1, 0.15) is 17.7 Å². The molecule has 0 spiro atoms. The number of imidazole rings is 1. The minimum absolute atomic E-state index is 0.0416. The van der Waals surface area contributed by atoms with Gasteiger partial charge >= 0.3 is 0 Å². The molecule has 1 fully saturated rings. The molecular weight excluding hydrogens is 585 g/mol. The predicted octanol–water partition coefficient (Wildman–Crippen LogP) is 7.11. The first-order valence-corrected chi connectivity index (χ1v) is 17.2. The molecule has 2 N–H and O–H groups in total. The zero-order chi connectivity index (χ0) is 31.9. The molecule has 2 aromatic heterocycles. The molecule has 9 heteroatoms. The lowest BCUT2D eigenvalue weighted by molar-refractivity contribution is -0.124. The summed E-state index contributed by atoms with van der Waals surface area (Å²) in [5.74, 6) is 0.616. The number of carbonyl (C=O) groups excluding carboxylic acids is 2. The number of rotatable bonds is 13. The summed E-state index contributed by atoms with van der Waals surface area (Å²) in [5, 5.41) is 8.33. The van der Waals surface area contributed by atoms with Crippen LogP contribution in [0.5, 0.6) is 0 Å². The molecule has 1 saturated heterocycles. The predicted molar refractivity (Wildman–Crippen MR) is 180 cm³/mol. The topological polar surface area (TPSA) is 79.3 Å². The highest BCUT2D eigenvalue weighted by Gasteiger charge is 2.27. The number of likely N-dealkylation sites (tertiary alicyclic amines) is 1. The van der Waals surface area contributed by atoms with Crippen LogP contribution in [0.1, 0.15) is 92.5 Å². The van der Waals surface area contributed by atoms with Gasteiger partial charge in [0.15, 0.2) is 0 Å². The molecule has 4 aromatic rings. The molecule has 1 atom stereocenters. The lowest BCUT2D eigenvalue weighted by atomic mass is 10.00. The second kappa shape index (κ2) is 15.1. The van der Waals surface area contributed by atoms with Gasteiger partial charge in [0.25, 0.3) is 5.91 Å². The fourth-order valence-corrected chi connectivity index (χ4v) is 7.12.